The van der Waals surface area contributed by atoms with E-state index in [0.717, 1.165) is 18.5 Å². The lowest BCUT2D eigenvalue weighted by Crippen LogP contribution is -2.49. The molecule has 0 amide bonds. The zero-order valence-corrected chi connectivity index (χ0v) is 11.1. The minimum absolute atomic E-state index is 0.532. The SMILES string of the molecule is CCC1(C(=O)O)CCCN1Cc1ccccc1C#N. The molecule has 1 fully saturated rings. The highest BCUT2D eigenvalue weighted by Gasteiger charge is 2.45. The maximum Gasteiger partial charge on any atom is 0.324 e. The monoisotopic (exact) mass is 258 g/mol. The van der Waals surface area contributed by atoms with Gasteiger partial charge in [0.2, 0.25) is 0 Å². The Morgan fingerprint density at radius 2 is 2.26 bits per heavy atom. The number of carboxylic acid groups (broad SMARTS) is 1. The molecule has 1 aromatic rings. The van der Waals surface area contributed by atoms with Crippen molar-refractivity contribution in [2.24, 2.45) is 0 Å². The third kappa shape index (κ3) is 2.34. The number of benzene rings is 1. The van der Waals surface area contributed by atoms with E-state index in [1.807, 2.05) is 30.0 Å². The van der Waals surface area contributed by atoms with Crippen LogP contribution in [0.1, 0.15) is 37.3 Å². The highest BCUT2D eigenvalue weighted by molar-refractivity contribution is 5.79. The molecule has 4 heteroatoms. The summed E-state index contributed by atoms with van der Waals surface area (Å²) in [6.45, 7) is 3.23. The van der Waals surface area contributed by atoms with Gasteiger partial charge in [-0.05, 0) is 37.4 Å². The number of hydrogen-bond donors (Lipinski definition) is 1. The van der Waals surface area contributed by atoms with Crippen molar-refractivity contribution < 1.29 is 9.90 Å². The lowest BCUT2D eigenvalue weighted by atomic mass is 9.92. The van der Waals surface area contributed by atoms with E-state index in [4.69, 9.17) is 5.26 Å². The third-order valence-electron chi connectivity index (χ3n) is 4.11. The maximum absolute atomic E-state index is 11.6. The van der Waals surface area contributed by atoms with Crippen LogP contribution in [0.4, 0.5) is 0 Å². The van der Waals surface area contributed by atoms with Gasteiger partial charge in [0.1, 0.15) is 5.54 Å². The number of carbonyl (C=O) groups is 1. The molecule has 0 bridgehead atoms. The molecular weight excluding hydrogens is 240 g/mol. The summed E-state index contributed by atoms with van der Waals surface area (Å²) in [7, 11) is 0. The number of aliphatic carboxylic acids is 1. The standard InChI is InChI=1S/C15H18N2O2/c1-2-15(14(18)19)8-5-9-17(15)11-13-7-4-3-6-12(13)10-16/h3-4,6-7H,2,5,8-9,11H2,1H3,(H,18,19). The average molecular weight is 258 g/mol. The van der Waals surface area contributed by atoms with Crippen molar-refractivity contribution in [2.45, 2.75) is 38.3 Å². The van der Waals surface area contributed by atoms with Crippen molar-refractivity contribution >= 4 is 5.97 Å². The first-order chi connectivity index (χ1) is 9.14. The maximum atomic E-state index is 11.6. The van der Waals surface area contributed by atoms with Crippen LogP contribution in [0.15, 0.2) is 24.3 Å². The van der Waals surface area contributed by atoms with E-state index in [-0.39, 0.29) is 0 Å². The van der Waals surface area contributed by atoms with Crippen molar-refractivity contribution in [3.8, 4) is 6.07 Å². The number of carboxylic acids is 1. The fourth-order valence-electron chi connectivity index (χ4n) is 2.93. The smallest absolute Gasteiger partial charge is 0.324 e. The van der Waals surface area contributed by atoms with Crippen molar-refractivity contribution in [1.82, 2.24) is 4.90 Å². The van der Waals surface area contributed by atoms with Crippen LogP contribution in [-0.2, 0) is 11.3 Å². The molecule has 1 aromatic carbocycles. The predicted molar refractivity (Wildman–Crippen MR) is 71.5 cm³/mol. The Labute approximate surface area is 113 Å². The topological polar surface area (TPSA) is 64.3 Å². The van der Waals surface area contributed by atoms with Crippen molar-refractivity contribution in [3.63, 3.8) is 0 Å². The molecule has 19 heavy (non-hydrogen) atoms. The van der Waals surface area contributed by atoms with Gasteiger partial charge < -0.3 is 5.11 Å². The number of hydrogen-bond acceptors (Lipinski definition) is 3. The lowest BCUT2D eigenvalue weighted by Gasteiger charge is -2.34. The first-order valence-electron chi connectivity index (χ1n) is 6.60. The summed E-state index contributed by atoms with van der Waals surface area (Å²) in [5, 5.41) is 18.6. The lowest BCUT2D eigenvalue weighted by molar-refractivity contribution is -0.150. The Morgan fingerprint density at radius 3 is 2.89 bits per heavy atom. The first-order valence-corrected chi connectivity index (χ1v) is 6.60. The second-order valence-electron chi connectivity index (χ2n) is 4.98. The molecule has 0 aliphatic carbocycles. The molecular formula is C15H18N2O2. The Morgan fingerprint density at radius 1 is 1.53 bits per heavy atom. The normalized spacial score (nSPS) is 23.2. The van der Waals surface area contributed by atoms with Crippen LogP contribution >= 0.6 is 0 Å². The van der Waals surface area contributed by atoms with Crippen LogP contribution in [-0.4, -0.2) is 28.1 Å². The summed E-state index contributed by atoms with van der Waals surface area (Å²) in [5.41, 5.74) is 0.776. The van der Waals surface area contributed by atoms with Crippen LogP contribution in [0.3, 0.4) is 0 Å². The molecule has 0 spiro atoms. The van der Waals surface area contributed by atoms with Gasteiger partial charge in [-0.25, -0.2) is 0 Å². The molecule has 1 heterocycles. The Hall–Kier alpha value is -1.86. The van der Waals surface area contributed by atoms with Gasteiger partial charge in [0.15, 0.2) is 0 Å². The molecule has 0 saturated carbocycles. The van der Waals surface area contributed by atoms with E-state index in [9.17, 15) is 9.90 Å². The molecule has 1 aliphatic heterocycles. The number of rotatable bonds is 4. The molecule has 1 saturated heterocycles. The van der Waals surface area contributed by atoms with Gasteiger partial charge >= 0.3 is 5.97 Å². The van der Waals surface area contributed by atoms with Crippen LogP contribution in [0.25, 0.3) is 0 Å². The molecule has 1 aliphatic rings. The quantitative estimate of drug-likeness (QED) is 0.900. The van der Waals surface area contributed by atoms with Gasteiger partial charge in [-0.1, -0.05) is 25.1 Å². The molecule has 1 atom stereocenters. The van der Waals surface area contributed by atoms with Crippen molar-refractivity contribution in [1.29, 1.82) is 5.26 Å². The summed E-state index contributed by atoms with van der Waals surface area (Å²) in [5.74, 6) is -0.748. The third-order valence-corrected chi connectivity index (χ3v) is 4.11. The summed E-state index contributed by atoms with van der Waals surface area (Å²) >= 11 is 0. The van der Waals surface area contributed by atoms with Crippen LogP contribution in [0.2, 0.25) is 0 Å². The molecule has 1 N–H and O–H groups in total. The molecule has 4 nitrogen and oxygen atoms in total. The summed E-state index contributed by atoms with van der Waals surface area (Å²) < 4.78 is 0. The molecule has 2 rings (SSSR count). The zero-order valence-electron chi connectivity index (χ0n) is 11.1. The van der Waals surface area contributed by atoms with E-state index in [2.05, 4.69) is 6.07 Å². The van der Waals surface area contributed by atoms with Gasteiger partial charge in [-0.3, -0.25) is 9.69 Å². The van der Waals surface area contributed by atoms with Gasteiger partial charge in [0, 0.05) is 6.54 Å². The van der Waals surface area contributed by atoms with E-state index in [0.29, 0.717) is 24.9 Å². The molecule has 1 unspecified atom stereocenters. The zero-order chi connectivity index (χ0) is 13.9. The first kappa shape index (κ1) is 13.6. The average Bonchev–Trinajstić information content (AvgIpc) is 2.83. The van der Waals surface area contributed by atoms with Crippen molar-refractivity contribution in [2.75, 3.05) is 6.54 Å². The summed E-state index contributed by atoms with van der Waals surface area (Å²) in [4.78, 5) is 13.6. The molecule has 0 aromatic heterocycles. The van der Waals surface area contributed by atoms with Crippen LogP contribution in [0, 0.1) is 11.3 Å². The van der Waals surface area contributed by atoms with Gasteiger partial charge in [-0.2, -0.15) is 5.26 Å². The highest BCUT2D eigenvalue weighted by Crippen LogP contribution is 2.34. The predicted octanol–water partition coefficient (Wildman–Crippen LogP) is 2.39. The fraction of sp³-hybridized carbons (Fsp3) is 0.467. The van der Waals surface area contributed by atoms with E-state index < -0.39 is 11.5 Å². The largest absolute Gasteiger partial charge is 0.480 e. The van der Waals surface area contributed by atoms with E-state index >= 15 is 0 Å². The van der Waals surface area contributed by atoms with E-state index in [1.54, 1.807) is 6.07 Å². The Balaban J connectivity index is 2.28. The van der Waals surface area contributed by atoms with Crippen LogP contribution < -0.4 is 0 Å². The second-order valence-corrected chi connectivity index (χ2v) is 4.98. The van der Waals surface area contributed by atoms with Gasteiger partial charge in [0.25, 0.3) is 0 Å². The number of nitrogens with zero attached hydrogens (tertiary/aromatic N) is 2. The fourth-order valence-corrected chi connectivity index (χ4v) is 2.93. The number of nitriles is 1. The van der Waals surface area contributed by atoms with Crippen LogP contribution in [0.5, 0.6) is 0 Å². The second kappa shape index (κ2) is 5.41. The van der Waals surface area contributed by atoms with E-state index in [1.165, 1.54) is 0 Å². The number of likely N-dealkylation sites (tertiary alicyclic amines) is 1. The summed E-state index contributed by atoms with van der Waals surface area (Å²) in [6.07, 6.45) is 2.18. The van der Waals surface area contributed by atoms with Gasteiger partial charge in [0.05, 0.1) is 11.6 Å². The Bertz CT molecular complexity index is 521. The minimum Gasteiger partial charge on any atom is -0.480 e. The highest BCUT2D eigenvalue weighted by atomic mass is 16.4. The summed E-state index contributed by atoms with van der Waals surface area (Å²) in [6, 6.07) is 9.57. The molecule has 0 radical (unpaired) electrons. The molecule has 100 valence electrons. The minimum atomic E-state index is -0.761. The Kier molecular flexibility index (Phi) is 3.87. The van der Waals surface area contributed by atoms with Gasteiger partial charge in [-0.15, -0.1) is 0 Å². The van der Waals surface area contributed by atoms with Crippen molar-refractivity contribution in [3.05, 3.63) is 35.4 Å².